The van der Waals surface area contributed by atoms with Gasteiger partial charge in [0.05, 0.1) is 6.61 Å². The molecule has 0 aliphatic carbocycles. The Morgan fingerprint density at radius 2 is 1.83 bits per heavy atom. The highest BCUT2D eigenvalue weighted by molar-refractivity contribution is 9.10. The molecule has 3 aromatic rings. The number of halogens is 2. The monoisotopic (exact) mass is 497 g/mol. The van der Waals surface area contributed by atoms with Crippen molar-refractivity contribution in [2.75, 3.05) is 6.61 Å². The molecule has 0 aliphatic heterocycles. The van der Waals surface area contributed by atoms with Crippen molar-refractivity contribution in [3.63, 3.8) is 0 Å². The average molecular weight is 499 g/mol. The number of rotatable bonds is 8. The van der Waals surface area contributed by atoms with Gasteiger partial charge >= 0.3 is 0 Å². The molecule has 0 saturated carbocycles. The molecule has 0 aliphatic rings. The zero-order valence-corrected chi connectivity index (χ0v) is 18.5. The van der Waals surface area contributed by atoms with Crippen molar-refractivity contribution in [1.82, 2.24) is 14.7 Å². The minimum Gasteiger partial charge on any atom is -0.494 e. The summed E-state index contributed by atoms with van der Waals surface area (Å²) in [6.07, 6.45) is 2.97. The molecule has 0 atom stereocenters. The summed E-state index contributed by atoms with van der Waals surface area (Å²) >= 11 is 9.11. The predicted molar refractivity (Wildman–Crippen MR) is 113 cm³/mol. The Kier molecular flexibility index (Phi) is 7.07. The molecule has 0 unspecified atom stereocenters. The van der Waals surface area contributed by atoms with E-state index in [0.717, 1.165) is 5.75 Å². The van der Waals surface area contributed by atoms with Crippen LogP contribution in [0.1, 0.15) is 12.5 Å². The smallest absolute Gasteiger partial charge is 0.243 e. The maximum atomic E-state index is 12.5. The molecule has 10 heteroatoms. The number of sulfonamides is 1. The first-order valence-electron chi connectivity index (χ1n) is 8.54. The Morgan fingerprint density at radius 1 is 1.10 bits per heavy atom. The van der Waals surface area contributed by atoms with Gasteiger partial charge in [0.2, 0.25) is 15.9 Å². The molecule has 0 spiro atoms. The number of ether oxygens (including phenoxy) is 2. The van der Waals surface area contributed by atoms with Gasteiger partial charge in [0.15, 0.2) is 0 Å². The van der Waals surface area contributed by atoms with E-state index >= 15 is 0 Å². The molecule has 0 bridgehead atoms. The largest absolute Gasteiger partial charge is 0.494 e. The van der Waals surface area contributed by atoms with Gasteiger partial charge in [-0.3, -0.25) is 0 Å². The summed E-state index contributed by atoms with van der Waals surface area (Å²) in [5.41, 5.74) is 0.670. The van der Waals surface area contributed by atoms with Crippen LogP contribution in [0, 0.1) is 0 Å². The summed E-state index contributed by atoms with van der Waals surface area (Å²) in [5, 5.41) is -0.102. The minimum absolute atomic E-state index is 0.0351. The quantitative estimate of drug-likeness (QED) is 0.458. The summed E-state index contributed by atoms with van der Waals surface area (Å²) in [7, 11) is -3.84. The Morgan fingerprint density at radius 3 is 2.55 bits per heavy atom. The van der Waals surface area contributed by atoms with Crippen LogP contribution < -0.4 is 14.2 Å². The van der Waals surface area contributed by atoms with Gasteiger partial charge in [0.25, 0.3) is 0 Å². The third kappa shape index (κ3) is 5.89. The second-order valence-electron chi connectivity index (χ2n) is 5.78. The molecule has 3 rings (SSSR count). The second kappa shape index (κ2) is 9.53. The van der Waals surface area contributed by atoms with Crippen LogP contribution >= 0.6 is 27.5 Å². The Balaban J connectivity index is 1.69. The standard InChI is InChI=1S/C19H17BrClN3O4S/c1-2-27-15-3-5-16(6-4-15)28-18-9-13(7-8-22-18)11-24-29(25,26)17-10-14(20)12-23-19(17)21/h3-10,12,24H,2,11H2,1H3. The maximum Gasteiger partial charge on any atom is 0.243 e. The number of pyridine rings is 2. The van der Waals surface area contributed by atoms with Crippen LogP contribution in [0.4, 0.5) is 0 Å². The van der Waals surface area contributed by atoms with E-state index in [1.54, 1.807) is 42.6 Å². The molecule has 7 nitrogen and oxygen atoms in total. The van der Waals surface area contributed by atoms with Crippen molar-refractivity contribution in [2.45, 2.75) is 18.4 Å². The lowest BCUT2D eigenvalue weighted by Gasteiger charge is -2.10. The lowest BCUT2D eigenvalue weighted by molar-refractivity contribution is 0.339. The minimum atomic E-state index is -3.84. The molecule has 0 amide bonds. The van der Waals surface area contributed by atoms with Crippen LogP contribution in [0.2, 0.25) is 5.15 Å². The zero-order chi connectivity index (χ0) is 20.9. The molecule has 152 valence electrons. The van der Waals surface area contributed by atoms with Crippen molar-refractivity contribution in [1.29, 1.82) is 0 Å². The van der Waals surface area contributed by atoms with Crippen LogP contribution in [-0.2, 0) is 16.6 Å². The van der Waals surface area contributed by atoms with E-state index < -0.39 is 10.0 Å². The van der Waals surface area contributed by atoms with E-state index in [-0.39, 0.29) is 16.6 Å². The topological polar surface area (TPSA) is 90.4 Å². The summed E-state index contributed by atoms with van der Waals surface area (Å²) < 4.78 is 39.2. The number of nitrogens with zero attached hydrogens (tertiary/aromatic N) is 2. The molecule has 1 N–H and O–H groups in total. The molecular weight excluding hydrogens is 482 g/mol. The van der Waals surface area contributed by atoms with Gasteiger partial charge in [-0.15, -0.1) is 0 Å². The van der Waals surface area contributed by atoms with E-state index in [0.29, 0.717) is 28.3 Å². The zero-order valence-electron chi connectivity index (χ0n) is 15.3. The Labute approximate surface area is 182 Å². The summed E-state index contributed by atoms with van der Waals surface area (Å²) in [5.74, 6) is 1.68. The molecule has 2 heterocycles. The van der Waals surface area contributed by atoms with Gasteiger partial charge < -0.3 is 9.47 Å². The Bertz CT molecular complexity index is 1090. The molecule has 0 fully saturated rings. The number of nitrogens with one attached hydrogen (secondary N) is 1. The van der Waals surface area contributed by atoms with Crippen LogP contribution in [0.15, 0.2) is 64.2 Å². The lowest BCUT2D eigenvalue weighted by Crippen LogP contribution is -2.23. The first-order valence-corrected chi connectivity index (χ1v) is 11.2. The van der Waals surface area contributed by atoms with E-state index in [9.17, 15) is 8.42 Å². The van der Waals surface area contributed by atoms with Gasteiger partial charge in [0.1, 0.15) is 21.5 Å². The van der Waals surface area contributed by atoms with Gasteiger partial charge in [0, 0.05) is 29.5 Å². The van der Waals surface area contributed by atoms with E-state index in [1.807, 2.05) is 6.92 Å². The van der Waals surface area contributed by atoms with Crippen molar-refractivity contribution in [3.05, 3.63) is 70.0 Å². The summed E-state index contributed by atoms with van der Waals surface area (Å²) in [4.78, 5) is 7.89. The normalized spacial score (nSPS) is 11.3. The van der Waals surface area contributed by atoms with Gasteiger partial charge in [-0.05, 0) is 64.8 Å². The Hall–Kier alpha value is -2.20. The van der Waals surface area contributed by atoms with Crippen molar-refractivity contribution >= 4 is 37.6 Å². The van der Waals surface area contributed by atoms with Gasteiger partial charge in [-0.1, -0.05) is 11.6 Å². The number of hydrogen-bond acceptors (Lipinski definition) is 6. The highest BCUT2D eigenvalue weighted by Gasteiger charge is 2.19. The van der Waals surface area contributed by atoms with Crippen molar-refractivity contribution in [3.8, 4) is 17.4 Å². The summed E-state index contributed by atoms with van der Waals surface area (Å²) in [6.45, 7) is 2.53. The SMILES string of the molecule is CCOc1ccc(Oc2cc(CNS(=O)(=O)c3cc(Br)cnc3Cl)ccn2)cc1. The highest BCUT2D eigenvalue weighted by Crippen LogP contribution is 2.24. The fraction of sp³-hybridized carbons (Fsp3) is 0.158. The third-order valence-electron chi connectivity index (χ3n) is 3.69. The maximum absolute atomic E-state index is 12.5. The van der Waals surface area contributed by atoms with Crippen molar-refractivity contribution in [2.24, 2.45) is 0 Å². The van der Waals surface area contributed by atoms with E-state index in [4.69, 9.17) is 21.1 Å². The predicted octanol–water partition coefficient (Wildman–Crippen LogP) is 4.56. The van der Waals surface area contributed by atoms with Crippen LogP contribution in [0.3, 0.4) is 0 Å². The number of hydrogen-bond donors (Lipinski definition) is 1. The average Bonchev–Trinajstić information content (AvgIpc) is 2.70. The first-order chi connectivity index (χ1) is 13.9. The van der Waals surface area contributed by atoms with Gasteiger partial charge in [-0.25, -0.2) is 23.1 Å². The number of benzene rings is 1. The van der Waals surface area contributed by atoms with Crippen molar-refractivity contribution < 1.29 is 17.9 Å². The van der Waals surface area contributed by atoms with Gasteiger partial charge in [-0.2, -0.15) is 0 Å². The molecule has 1 aromatic carbocycles. The molecule has 2 aromatic heterocycles. The number of aromatic nitrogens is 2. The van der Waals surface area contributed by atoms with Crippen LogP contribution in [-0.4, -0.2) is 25.0 Å². The summed E-state index contributed by atoms with van der Waals surface area (Å²) in [6, 6.07) is 11.9. The fourth-order valence-corrected chi connectivity index (χ4v) is 4.32. The molecule has 29 heavy (non-hydrogen) atoms. The lowest BCUT2D eigenvalue weighted by atomic mass is 10.3. The molecular formula is C19H17BrClN3O4S. The van der Waals surface area contributed by atoms with Crippen LogP contribution in [0.25, 0.3) is 0 Å². The van der Waals surface area contributed by atoms with Crippen LogP contribution in [0.5, 0.6) is 17.4 Å². The second-order valence-corrected chi connectivity index (χ2v) is 8.78. The van der Waals surface area contributed by atoms with E-state index in [1.165, 1.54) is 12.3 Å². The van der Waals surface area contributed by atoms with E-state index in [2.05, 4.69) is 30.6 Å². The molecule has 0 saturated heterocycles. The molecule has 0 radical (unpaired) electrons. The first kappa shape index (κ1) is 21.5. The highest BCUT2D eigenvalue weighted by atomic mass is 79.9. The third-order valence-corrected chi connectivity index (χ3v) is 5.95. The fourth-order valence-electron chi connectivity index (χ4n) is 2.36.